The minimum Gasteiger partial charge on any atom is -0.491 e. The summed E-state index contributed by atoms with van der Waals surface area (Å²) in [5.41, 5.74) is 2.06. The van der Waals surface area contributed by atoms with Crippen LogP contribution in [0.3, 0.4) is 0 Å². The number of carbonyl (C=O) groups is 1. The van der Waals surface area contributed by atoms with Crippen LogP contribution in [0.4, 0.5) is 0 Å². The lowest BCUT2D eigenvalue weighted by Gasteiger charge is -2.21. The van der Waals surface area contributed by atoms with Crippen LogP contribution in [0.25, 0.3) is 0 Å². The lowest BCUT2D eigenvalue weighted by Crippen LogP contribution is -2.40. The number of hydrogen-bond acceptors (Lipinski definition) is 3. The van der Waals surface area contributed by atoms with Gasteiger partial charge >= 0.3 is 0 Å². The number of hydrogen-bond donors (Lipinski definition) is 0. The predicted molar refractivity (Wildman–Crippen MR) is 93.9 cm³/mol. The maximum atomic E-state index is 12.5. The highest BCUT2D eigenvalue weighted by Gasteiger charge is 2.31. The molecule has 0 spiro atoms. The Hall–Kier alpha value is -2.20. The van der Waals surface area contributed by atoms with Crippen LogP contribution in [-0.2, 0) is 11.2 Å². The van der Waals surface area contributed by atoms with Crippen molar-refractivity contribution in [1.29, 1.82) is 0 Å². The van der Waals surface area contributed by atoms with Gasteiger partial charge in [0.05, 0.1) is 6.54 Å². The van der Waals surface area contributed by atoms with Gasteiger partial charge in [-0.2, -0.15) is 0 Å². The molecule has 24 heavy (non-hydrogen) atoms. The lowest BCUT2D eigenvalue weighted by molar-refractivity contribution is -0.136. The van der Waals surface area contributed by atoms with E-state index in [-0.39, 0.29) is 5.91 Å². The molecule has 0 aliphatic carbocycles. The Bertz CT molecular complexity index is 747. The number of aryl methyl sites for hydroxylation is 1. The fourth-order valence-electron chi connectivity index (χ4n) is 2.72. The van der Waals surface area contributed by atoms with E-state index < -0.39 is 6.10 Å². The van der Waals surface area contributed by atoms with E-state index in [1.165, 1.54) is 0 Å². The first kappa shape index (κ1) is 16.7. The fraction of sp³-hybridized carbons (Fsp3) is 0.316. The second kappa shape index (κ2) is 7.14. The maximum absolute atomic E-state index is 12.5. The van der Waals surface area contributed by atoms with Crippen LogP contribution in [0.15, 0.2) is 42.5 Å². The van der Waals surface area contributed by atoms with Crippen LogP contribution < -0.4 is 9.47 Å². The molecule has 1 aliphatic rings. The molecule has 0 saturated carbocycles. The van der Waals surface area contributed by atoms with Gasteiger partial charge in [-0.15, -0.1) is 0 Å². The average molecular weight is 346 g/mol. The SMILES string of the molecule is Cc1ccccc1OCCN(C)C(=O)C1Cc2cc(Cl)ccc2O1. The lowest BCUT2D eigenvalue weighted by atomic mass is 10.1. The van der Waals surface area contributed by atoms with Gasteiger partial charge in [0.25, 0.3) is 5.91 Å². The smallest absolute Gasteiger partial charge is 0.263 e. The molecule has 1 unspecified atom stereocenters. The Morgan fingerprint density at radius 2 is 2.12 bits per heavy atom. The summed E-state index contributed by atoms with van der Waals surface area (Å²) in [5, 5.41) is 0.658. The second-order valence-corrected chi connectivity index (χ2v) is 6.37. The summed E-state index contributed by atoms with van der Waals surface area (Å²) in [6.45, 7) is 2.95. The van der Waals surface area contributed by atoms with Crippen LogP contribution in [0.1, 0.15) is 11.1 Å². The van der Waals surface area contributed by atoms with Gasteiger partial charge in [0, 0.05) is 18.5 Å². The minimum absolute atomic E-state index is 0.0456. The maximum Gasteiger partial charge on any atom is 0.263 e. The number of rotatable bonds is 5. The molecule has 0 fully saturated rings. The summed E-state index contributed by atoms with van der Waals surface area (Å²) in [4.78, 5) is 14.2. The van der Waals surface area contributed by atoms with Gasteiger partial charge in [0.15, 0.2) is 6.10 Å². The van der Waals surface area contributed by atoms with Crippen molar-refractivity contribution in [3.63, 3.8) is 0 Å². The largest absolute Gasteiger partial charge is 0.491 e. The van der Waals surface area contributed by atoms with Crippen molar-refractivity contribution in [1.82, 2.24) is 4.90 Å². The van der Waals surface area contributed by atoms with Crippen molar-refractivity contribution < 1.29 is 14.3 Å². The van der Waals surface area contributed by atoms with Crippen molar-refractivity contribution in [2.75, 3.05) is 20.2 Å². The fourth-order valence-corrected chi connectivity index (χ4v) is 2.92. The van der Waals surface area contributed by atoms with Crippen LogP contribution in [0, 0.1) is 6.92 Å². The van der Waals surface area contributed by atoms with Crippen molar-refractivity contribution >= 4 is 17.5 Å². The van der Waals surface area contributed by atoms with E-state index in [0.717, 1.165) is 22.6 Å². The van der Waals surface area contributed by atoms with E-state index in [1.807, 2.05) is 43.3 Å². The first-order valence-electron chi connectivity index (χ1n) is 7.93. The van der Waals surface area contributed by atoms with E-state index in [1.54, 1.807) is 18.0 Å². The quantitative estimate of drug-likeness (QED) is 0.832. The minimum atomic E-state index is -0.484. The summed E-state index contributed by atoms with van der Waals surface area (Å²) in [6, 6.07) is 13.3. The van der Waals surface area contributed by atoms with Gasteiger partial charge in [0.1, 0.15) is 18.1 Å². The number of carbonyl (C=O) groups excluding carboxylic acids is 1. The molecule has 0 aromatic heterocycles. The summed E-state index contributed by atoms with van der Waals surface area (Å²) in [6.07, 6.45) is 0.0690. The van der Waals surface area contributed by atoms with E-state index >= 15 is 0 Å². The molecule has 0 N–H and O–H groups in total. The highest BCUT2D eigenvalue weighted by atomic mass is 35.5. The van der Waals surface area contributed by atoms with Crippen LogP contribution in [0.5, 0.6) is 11.5 Å². The molecule has 0 saturated heterocycles. The van der Waals surface area contributed by atoms with Crippen LogP contribution >= 0.6 is 11.6 Å². The molecule has 0 bridgehead atoms. The Labute approximate surface area is 146 Å². The van der Waals surface area contributed by atoms with Gasteiger partial charge in [0.2, 0.25) is 0 Å². The van der Waals surface area contributed by atoms with Crippen molar-refractivity contribution in [3.8, 4) is 11.5 Å². The number of likely N-dealkylation sites (N-methyl/N-ethyl adjacent to an activating group) is 1. The number of halogens is 1. The molecule has 1 aliphatic heterocycles. The standard InChI is InChI=1S/C19H20ClNO3/c1-13-5-3-4-6-16(13)23-10-9-21(2)19(22)18-12-14-11-15(20)7-8-17(14)24-18/h3-8,11,18H,9-10,12H2,1-2H3. The van der Waals surface area contributed by atoms with Crippen molar-refractivity contribution in [2.45, 2.75) is 19.4 Å². The summed E-state index contributed by atoms with van der Waals surface area (Å²) in [5.74, 6) is 1.54. The summed E-state index contributed by atoms with van der Waals surface area (Å²) >= 11 is 5.99. The van der Waals surface area contributed by atoms with E-state index in [0.29, 0.717) is 24.6 Å². The molecule has 126 valence electrons. The molecule has 1 atom stereocenters. The van der Waals surface area contributed by atoms with Crippen LogP contribution in [-0.4, -0.2) is 37.1 Å². The Morgan fingerprint density at radius 3 is 2.92 bits per heavy atom. The first-order chi connectivity index (χ1) is 11.5. The third-order valence-electron chi connectivity index (χ3n) is 4.13. The third-order valence-corrected chi connectivity index (χ3v) is 4.36. The molecule has 4 nitrogen and oxygen atoms in total. The number of fused-ring (bicyclic) bond motifs is 1. The zero-order valence-corrected chi connectivity index (χ0v) is 14.5. The zero-order valence-electron chi connectivity index (χ0n) is 13.8. The Morgan fingerprint density at radius 1 is 1.33 bits per heavy atom. The first-order valence-corrected chi connectivity index (χ1v) is 8.31. The predicted octanol–water partition coefficient (Wildman–Crippen LogP) is 3.49. The Kier molecular flexibility index (Phi) is 4.95. The van der Waals surface area contributed by atoms with E-state index in [2.05, 4.69) is 0 Å². The Balaban J connectivity index is 1.52. The topological polar surface area (TPSA) is 38.8 Å². The average Bonchev–Trinajstić information content (AvgIpc) is 2.98. The summed E-state index contributed by atoms with van der Waals surface area (Å²) < 4.78 is 11.5. The van der Waals surface area contributed by atoms with Crippen molar-refractivity contribution in [2.24, 2.45) is 0 Å². The molecular weight excluding hydrogens is 326 g/mol. The van der Waals surface area contributed by atoms with Crippen molar-refractivity contribution in [3.05, 3.63) is 58.6 Å². The molecule has 3 rings (SSSR count). The molecule has 5 heteroatoms. The molecule has 2 aromatic rings. The number of para-hydroxylation sites is 1. The molecule has 2 aromatic carbocycles. The van der Waals surface area contributed by atoms with E-state index in [4.69, 9.17) is 21.1 Å². The van der Waals surface area contributed by atoms with E-state index in [9.17, 15) is 4.79 Å². The molecule has 0 radical (unpaired) electrons. The van der Waals surface area contributed by atoms with Gasteiger partial charge < -0.3 is 14.4 Å². The van der Waals surface area contributed by atoms with Gasteiger partial charge in [-0.3, -0.25) is 4.79 Å². The zero-order chi connectivity index (χ0) is 17.1. The third kappa shape index (κ3) is 3.65. The van der Waals surface area contributed by atoms with Gasteiger partial charge in [-0.05, 0) is 42.3 Å². The normalized spacial score (nSPS) is 15.5. The number of benzene rings is 2. The van der Waals surface area contributed by atoms with Gasteiger partial charge in [-0.1, -0.05) is 29.8 Å². The molecular formula is C19H20ClNO3. The highest BCUT2D eigenvalue weighted by Crippen LogP contribution is 2.31. The van der Waals surface area contributed by atoms with Crippen LogP contribution in [0.2, 0.25) is 5.02 Å². The monoisotopic (exact) mass is 345 g/mol. The number of amides is 1. The summed E-state index contributed by atoms with van der Waals surface area (Å²) in [7, 11) is 1.77. The number of ether oxygens (including phenoxy) is 2. The second-order valence-electron chi connectivity index (χ2n) is 5.94. The number of nitrogens with zero attached hydrogens (tertiary/aromatic N) is 1. The van der Waals surface area contributed by atoms with Gasteiger partial charge in [-0.25, -0.2) is 0 Å². The molecule has 1 amide bonds. The molecule has 1 heterocycles. The highest BCUT2D eigenvalue weighted by molar-refractivity contribution is 6.30.